The number of nitrogens with zero attached hydrogens (tertiary/aromatic N) is 1. The van der Waals surface area contributed by atoms with Crippen molar-refractivity contribution in [2.24, 2.45) is 11.7 Å². The van der Waals surface area contributed by atoms with Crippen molar-refractivity contribution in [2.75, 3.05) is 30.7 Å². The summed E-state index contributed by atoms with van der Waals surface area (Å²) in [5.74, 6) is -0.484. The highest BCUT2D eigenvalue weighted by molar-refractivity contribution is 6.31. The van der Waals surface area contributed by atoms with E-state index in [9.17, 15) is 9.59 Å². The molecule has 1 heterocycles. The largest absolute Gasteiger partial charge is 0.397 e. The van der Waals surface area contributed by atoms with Crippen LogP contribution in [0.15, 0.2) is 18.2 Å². The summed E-state index contributed by atoms with van der Waals surface area (Å²) >= 11 is 5.80. The van der Waals surface area contributed by atoms with Crippen LogP contribution in [0.1, 0.15) is 12.8 Å². The molecule has 1 atom stereocenters. The number of carbonyl (C=O) groups excluding carboxylic acids is 2. The van der Waals surface area contributed by atoms with Crippen LogP contribution in [-0.4, -0.2) is 36.3 Å². The highest BCUT2D eigenvalue weighted by Gasteiger charge is 2.26. The molecule has 5 N–H and O–H groups in total. The van der Waals surface area contributed by atoms with Crippen LogP contribution in [0.5, 0.6) is 0 Å². The van der Waals surface area contributed by atoms with Gasteiger partial charge in [-0.3, -0.25) is 9.59 Å². The Bertz CT molecular complexity index is 550. The van der Waals surface area contributed by atoms with Gasteiger partial charge in [0.2, 0.25) is 11.8 Å². The van der Waals surface area contributed by atoms with Gasteiger partial charge in [0.1, 0.15) is 0 Å². The lowest BCUT2D eigenvalue weighted by molar-refractivity contribution is -0.121. The van der Waals surface area contributed by atoms with Gasteiger partial charge in [0.25, 0.3) is 0 Å². The smallest absolute Gasteiger partial charge is 0.225 e. The van der Waals surface area contributed by atoms with E-state index in [4.69, 9.17) is 23.1 Å². The predicted octanol–water partition coefficient (Wildman–Crippen LogP) is 1.06. The van der Waals surface area contributed by atoms with Crippen molar-refractivity contribution in [3.63, 3.8) is 0 Å². The molecule has 6 nitrogen and oxygen atoms in total. The maximum atomic E-state index is 11.9. The first-order valence-corrected chi connectivity index (χ1v) is 7.20. The van der Waals surface area contributed by atoms with E-state index in [-0.39, 0.29) is 17.7 Å². The Morgan fingerprint density at radius 2 is 2.19 bits per heavy atom. The molecule has 0 bridgehead atoms. The average molecular weight is 311 g/mol. The van der Waals surface area contributed by atoms with E-state index in [1.807, 2.05) is 0 Å². The Morgan fingerprint density at radius 1 is 1.43 bits per heavy atom. The molecule has 0 spiro atoms. The minimum Gasteiger partial charge on any atom is -0.397 e. The van der Waals surface area contributed by atoms with Crippen LogP contribution in [0.3, 0.4) is 0 Å². The molecule has 1 fully saturated rings. The molecule has 0 saturated carbocycles. The first-order valence-electron chi connectivity index (χ1n) is 6.82. The van der Waals surface area contributed by atoms with Crippen LogP contribution < -0.4 is 16.8 Å². The van der Waals surface area contributed by atoms with E-state index in [2.05, 4.69) is 10.2 Å². The Kier molecular flexibility index (Phi) is 5.03. The van der Waals surface area contributed by atoms with Crippen LogP contribution in [0, 0.1) is 5.92 Å². The molecular formula is C14H19ClN4O2. The first-order chi connectivity index (χ1) is 9.95. The van der Waals surface area contributed by atoms with E-state index in [1.165, 1.54) is 0 Å². The summed E-state index contributed by atoms with van der Waals surface area (Å²) in [4.78, 5) is 25.1. The van der Waals surface area contributed by atoms with Gasteiger partial charge in [-0.15, -0.1) is 0 Å². The molecule has 1 aromatic carbocycles. The minimum atomic E-state index is -0.268. The number of nitrogens with two attached hydrogens (primary N) is 2. The maximum absolute atomic E-state index is 11.9. The molecule has 2 rings (SSSR count). The summed E-state index contributed by atoms with van der Waals surface area (Å²) in [5.41, 5.74) is 12.0. The van der Waals surface area contributed by atoms with E-state index in [1.54, 1.807) is 18.2 Å². The van der Waals surface area contributed by atoms with Gasteiger partial charge in [-0.2, -0.15) is 0 Å². The highest BCUT2D eigenvalue weighted by Crippen LogP contribution is 2.23. The molecule has 1 aliphatic heterocycles. The van der Waals surface area contributed by atoms with Crippen molar-refractivity contribution in [2.45, 2.75) is 12.8 Å². The van der Waals surface area contributed by atoms with Crippen LogP contribution in [0.4, 0.5) is 11.4 Å². The van der Waals surface area contributed by atoms with Gasteiger partial charge in [-0.25, -0.2) is 0 Å². The summed E-state index contributed by atoms with van der Waals surface area (Å²) in [6, 6.07) is 4.94. The zero-order valence-electron chi connectivity index (χ0n) is 11.6. The third-order valence-electron chi connectivity index (χ3n) is 3.62. The van der Waals surface area contributed by atoms with E-state index in [0.29, 0.717) is 35.9 Å². The van der Waals surface area contributed by atoms with Gasteiger partial charge < -0.3 is 21.7 Å². The van der Waals surface area contributed by atoms with Gasteiger partial charge in [-0.1, -0.05) is 11.6 Å². The molecule has 1 unspecified atom stereocenters. The third kappa shape index (κ3) is 4.34. The van der Waals surface area contributed by atoms with Crippen molar-refractivity contribution in [1.29, 1.82) is 0 Å². The number of rotatable bonds is 5. The molecule has 1 saturated heterocycles. The van der Waals surface area contributed by atoms with E-state index in [0.717, 1.165) is 13.0 Å². The number of hydrogen-bond donors (Lipinski definition) is 3. The van der Waals surface area contributed by atoms with E-state index >= 15 is 0 Å². The Morgan fingerprint density at radius 3 is 2.81 bits per heavy atom. The van der Waals surface area contributed by atoms with Crippen molar-refractivity contribution in [3.8, 4) is 0 Å². The predicted molar refractivity (Wildman–Crippen MR) is 82.9 cm³/mol. The summed E-state index contributed by atoms with van der Waals surface area (Å²) in [7, 11) is 0. The lowest BCUT2D eigenvalue weighted by Crippen LogP contribution is -2.29. The fraction of sp³-hybridized carbons (Fsp3) is 0.429. The van der Waals surface area contributed by atoms with Gasteiger partial charge >= 0.3 is 0 Å². The molecule has 2 amide bonds. The number of nitrogens with one attached hydrogen (secondary N) is 1. The lowest BCUT2D eigenvalue weighted by atomic mass is 10.1. The Labute approximate surface area is 128 Å². The fourth-order valence-electron chi connectivity index (χ4n) is 2.39. The molecule has 1 aromatic rings. The van der Waals surface area contributed by atoms with Crippen molar-refractivity contribution < 1.29 is 9.59 Å². The standard InChI is InChI=1S/C14H19ClN4O2/c15-10-1-2-12(11(16)7-10)18-13(20)4-6-19-5-3-9(8-19)14(17)21/h1-2,7,9H,3-6,8,16H2,(H2,17,21)(H,18,20). The van der Waals surface area contributed by atoms with Crippen LogP contribution in [0.2, 0.25) is 5.02 Å². The molecule has 7 heteroatoms. The highest BCUT2D eigenvalue weighted by atomic mass is 35.5. The normalized spacial score (nSPS) is 18.6. The number of likely N-dealkylation sites (tertiary alicyclic amines) is 1. The maximum Gasteiger partial charge on any atom is 0.225 e. The van der Waals surface area contributed by atoms with Crippen molar-refractivity contribution in [3.05, 3.63) is 23.2 Å². The number of primary amides is 1. The number of anilines is 2. The third-order valence-corrected chi connectivity index (χ3v) is 3.85. The second kappa shape index (κ2) is 6.78. The molecule has 1 aliphatic rings. The zero-order chi connectivity index (χ0) is 15.4. The summed E-state index contributed by atoms with van der Waals surface area (Å²) in [6.45, 7) is 2.03. The number of nitrogen functional groups attached to an aromatic ring is 1. The monoisotopic (exact) mass is 310 g/mol. The summed E-state index contributed by atoms with van der Waals surface area (Å²) in [6.07, 6.45) is 1.11. The number of carbonyl (C=O) groups is 2. The minimum absolute atomic E-state index is 0.0972. The molecule has 0 aliphatic carbocycles. The second-order valence-corrected chi connectivity index (χ2v) is 5.65. The number of hydrogen-bond acceptors (Lipinski definition) is 4. The zero-order valence-corrected chi connectivity index (χ0v) is 12.4. The molecule has 114 valence electrons. The fourth-order valence-corrected chi connectivity index (χ4v) is 2.57. The topological polar surface area (TPSA) is 101 Å². The average Bonchev–Trinajstić information content (AvgIpc) is 2.89. The van der Waals surface area contributed by atoms with Gasteiger partial charge in [-0.05, 0) is 31.2 Å². The van der Waals surface area contributed by atoms with Gasteiger partial charge in [0.05, 0.1) is 17.3 Å². The van der Waals surface area contributed by atoms with Crippen LogP contribution >= 0.6 is 11.6 Å². The SMILES string of the molecule is NC(=O)C1CCN(CCC(=O)Nc2ccc(Cl)cc2N)C1. The quantitative estimate of drug-likeness (QED) is 0.708. The molecule has 0 radical (unpaired) electrons. The van der Waals surface area contributed by atoms with Crippen molar-refractivity contribution in [1.82, 2.24) is 4.90 Å². The Hall–Kier alpha value is -1.79. The number of amides is 2. The van der Waals surface area contributed by atoms with E-state index < -0.39 is 0 Å². The van der Waals surface area contributed by atoms with Gasteiger partial charge in [0, 0.05) is 24.5 Å². The lowest BCUT2D eigenvalue weighted by Gasteiger charge is -2.15. The van der Waals surface area contributed by atoms with Crippen LogP contribution in [0.25, 0.3) is 0 Å². The second-order valence-electron chi connectivity index (χ2n) is 5.22. The molecule has 21 heavy (non-hydrogen) atoms. The molecule has 0 aromatic heterocycles. The van der Waals surface area contributed by atoms with Crippen molar-refractivity contribution >= 4 is 34.8 Å². The summed E-state index contributed by atoms with van der Waals surface area (Å²) < 4.78 is 0. The molecular weight excluding hydrogens is 292 g/mol. The van der Waals surface area contributed by atoms with Gasteiger partial charge in [0.15, 0.2) is 0 Å². The Balaban J connectivity index is 1.79. The van der Waals surface area contributed by atoms with Crippen LogP contribution in [-0.2, 0) is 9.59 Å². The number of halogens is 1. The first kappa shape index (κ1) is 15.6. The summed E-state index contributed by atoms with van der Waals surface area (Å²) in [5, 5.41) is 3.28. The number of benzene rings is 1.